The summed E-state index contributed by atoms with van der Waals surface area (Å²) in [6.45, 7) is 7.07. The molecular formula is C25H30N4O4S2. The van der Waals surface area contributed by atoms with Gasteiger partial charge in [0.2, 0.25) is 15.9 Å². The van der Waals surface area contributed by atoms with Crippen molar-refractivity contribution in [1.29, 1.82) is 0 Å². The lowest BCUT2D eigenvalue weighted by molar-refractivity contribution is -0.134. The standard InChI is InChI=1S/C25H30N4O4S2/c1-16-5-7-21(18(3)12-16)35(31,32)29-10-8-28(9-11-29)22(30)14-33-24-23-19-6-4-17(2)13-20(19)34-25(23)27-15-26-24/h5,7,12,15,17H,4,6,8-11,13-14H2,1-3H3/t17-/m0/s1. The number of hydrogen-bond donors (Lipinski definition) is 0. The minimum Gasteiger partial charge on any atom is -0.467 e. The maximum Gasteiger partial charge on any atom is 0.260 e. The number of rotatable bonds is 5. The van der Waals surface area contributed by atoms with Crippen LogP contribution >= 0.6 is 11.3 Å². The van der Waals surface area contributed by atoms with Crippen molar-refractivity contribution in [2.75, 3.05) is 32.8 Å². The first kappa shape index (κ1) is 24.1. The molecule has 8 nitrogen and oxygen atoms in total. The summed E-state index contributed by atoms with van der Waals surface area (Å²) in [6, 6.07) is 5.35. The van der Waals surface area contributed by atoms with Gasteiger partial charge in [0, 0.05) is 31.1 Å². The number of hydrogen-bond acceptors (Lipinski definition) is 7. The molecule has 1 aliphatic carbocycles. The summed E-state index contributed by atoms with van der Waals surface area (Å²) in [7, 11) is -3.60. The first-order valence-electron chi connectivity index (χ1n) is 12.0. The van der Waals surface area contributed by atoms with Gasteiger partial charge in [-0.25, -0.2) is 18.4 Å². The van der Waals surface area contributed by atoms with Gasteiger partial charge in [0.05, 0.1) is 10.3 Å². The van der Waals surface area contributed by atoms with Crippen molar-refractivity contribution in [1.82, 2.24) is 19.2 Å². The molecule has 3 heterocycles. The van der Waals surface area contributed by atoms with Crippen LogP contribution < -0.4 is 4.74 Å². The quantitative estimate of drug-likeness (QED) is 0.519. The van der Waals surface area contributed by atoms with E-state index in [1.165, 1.54) is 21.1 Å². The van der Waals surface area contributed by atoms with E-state index in [1.54, 1.807) is 22.3 Å². The van der Waals surface area contributed by atoms with Gasteiger partial charge in [0.1, 0.15) is 11.2 Å². The second-order valence-electron chi connectivity index (χ2n) is 9.55. The zero-order valence-electron chi connectivity index (χ0n) is 20.3. The molecule has 1 saturated heterocycles. The summed E-state index contributed by atoms with van der Waals surface area (Å²) < 4.78 is 33.6. The minimum atomic E-state index is -3.60. The Labute approximate surface area is 210 Å². The molecule has 3 aromatic rings. The fourth-order valence-corrected chi connectivity index (χ4v) is 7.95. The van der Waals surface area contributed by atoms with Gasteiger partial charge < -0.3 is 9.64 Å². The van der Waals surface area contributed by atoms with Crippen LogP contribution in [0.1, 0.15) is 34.9 Å². The monoisotopic (exact) mass is 514 g/mol. The van der Waals surface area contributed by atoms with Gasteiger partial charge in [-0.3, -0.25) is 4.79 Å². The van der Waals surface area contributed by atoms with Crippen LogP contribution in [0, 0.1) is 19.8 Å². The van der Waals surface area contributed by atoms with Crippen LogP contribution in [-0.4, -0.2) is 66.3 Å². The Morgan fingerprint density at radius 3 is 2.69 bits per heavy atom. The fraction of sp³-hybridized carbons (Fsp3) is 0.480. The Hall–Kier alpha value is -2.56. The molecule has 1 aromatic carbocycles. The third-order valence-corrected chi connectivity index (χ3v) is 10.2. The number of amides is 1. The van der Waals surface area contributed by atoms with E-state index < -0.39 is 10.0 Å². The lowest BCUT2D eigenvalue weighted by Gasteiger charge is -2.34. The van der Waals surface area contributed by atoms with Crippen LogP contribution in [-0.2, 0) is 27.7 Å². The molecule has 5 rings (SSSR count). The maximum atomic E-state index is 13.1. The average molecular weight is 515 g/mol. The molecule has 0 saturated carbocycles. The highest BCUT2D eigenvalue weighted by atomic mass is 32.2. The number of benzene rings is 1. The zero-order chi connectivity index (χ0) is 24.7. The molecule has 35 heavy (non-hydrogen) atoms. The number of aryl methyl sites for hydroxylation is 3. The first-order chi connectivity index (χ1) is 16.7. The highest BCUT2D eigenvalue weighted by molar-refractivity contribution is 7.89. The van der Waals surface area contributed by atoms with Gasteiger partial charge in [-0.1, -0.05) is 24.6 Å². The third-order valence-electron chi connectivity index (χ3n) is 6.93. The van der Waals surface area contributed by atoms with Crippen molar-refractivity contribution >= 4 is 37.5 Å². The smallest absolute Gasteiger partial charge is 0.260 e. The lowest BCUT2D eigenvalue weighted by atomic mass is 9.89. The molecule has 1 atom stereocenters. The topological polar surface area (TPSA) is 92.7 Å². The van der Waals surface area contributed by atoms with E-state index in [2.05, 4.69) is 16.9 Å². The zero-order valence-corrected chi connectivity index (χ0v) is 21.9. The lowest BCUT2D eigenvalue weighted by Crippen LogP contribution is -2.51. The van der Waals surface area contributed by atoms with Crippen LogP contribution in [0.15, 0.2) is 29.4 Å². The molecule has 186 valence electrons. The van der Waals surface area contributed by atoms with E-state index in [9.17, 15) is 13.2 Å². The predicted octanol–water partition coefficient (Wildman–Crippen LogP) is 3.34. The van der Waals surface area contributed by atoms with Gasteiger partial charge in [-0.2, -0.15) is 4.31 Å². The predicted molar refractivity (Wildman–Crippen MR) is 135 cm³/mol. The molecule has 1 fully saturated rings. The number of ether oxygens (including phenoxy) is 1. The average Bonchev–Trinajstić information content (AvgIpc) is 3.20. The molecule has 0 radical (unpaired) electrons. The second-order valence-corrected chi connectivity index (χ2v) is 12.5. The van der Waals surface area contributed by atoms with E-state index in [-0.39, 0.29) is 25.6 Å². The number of nitrogens with zero attached hydrogens (tertiary/aromatic N) is 4. The fourth-order valence-electron chi connectivity index (χ4n) is 4.98. The molecule has 1 aliphatic heterocycles. The summed E-state index contributed by atoms with van der Waals surface area (Å²) in [6.07, 6.45) is 4.64. The summed E-state index contributed by atoms with van der Waals surface area (Å²) >= 11 is 1.69. The van der Waals surface area contributed by atoms with Crippen LogP contribution in [0.5, 0.6) is 5.88 Å². The van der Waals surface area contributed by atoms with Crippen LogP contribution in [0.3, 0.4) is 0 Å². The van der Waals surface area contributed by atoms with Crippen molar-refractivity contribution in [2.45, 2.75) is 44.9 Å². The molecule has 0 spiro atoms. The SMILES string of the molecule is Cc1ccc(S(=O)(=O)N2CCN(C(=O)COc3ncnc4sc5c(c34)CC[C@H](C)C5)CC2)c(C)c1. The minimum absolute atomic E-state index is 0.128. The molecule has 2 aliphatic rings. The van der Waals surface area contributed by atoms with E-state index in [4.69, 9.17) is 4.74 Å². The van der Waals surface area contributed by atoms with Crippen molar-refractivity contribution in [3.63, 3.8) is 0 Å². The van der Waals surface area contributed by atoms with Crippen molar-refractivity contribution in [2.24, 2.45) is 5.92 Å². The normalized spacial score (nSPS) is 19.1. The van der Waals surface area contributed by atoms with E-state index in [0.29, 0.717) is 29.8 Å². The van der Waals surface area contributed by atoms with Gasteiger partial charge in [-0.05, 0) is 56.2 Å². The largest absolute Gasteiger partial charge is 0.467 e. The van der Waals surface area contributed by atoms with Gasteiger partial charge >= 0.3 is 0 Å². The Bertz CT molecular complexity index is 1380. The summed E-state index contributed by atoms with van der Waals surface area (Å²) in [5, 5.41) is 0.941. The Morgan fingerprint density at radius 1 is 1.17 bits per heavy atom. The summed E-state index contributed by atoms with van der Waals surface area (Å²) in [5.74, 6) is 0.955. The van der Waals surface area contributed by atoms with E-state index in [0.717, 1.165) is 40.6 Å². The molecule has 10 heteroatoms. The molecule has 0 unspecified atom stereocenters. The number of carbonyl (C=O) groups is 1. The maximum absolute atomic E-state index is 13.1. The Kier molecular flexibility index (Phi) is 6.54. The first-order valence-corrected chi connectivity index (χ1v) is 14.2. The Morgan fingerprint density at radius 2 is 1.94 bits per heavy atom. The summed E-state index contributed by atoms with van der Waals surface area (Å²) in [5.41, 5.74) is 3.02. The number of thiophene rings is 1. The number of piperazine rings is 1. The number of aromatic nitrogens is 2. The van der Waals surface area contributed by atoms with Gasteiger partial charge in [0.25, 0.3) is 5.91 Å². The molecular weight excluding hydrogens is 484 g/mol. The number of carbonyl (C=O) groups excluding carboxylic acids is 1. The third kappa shape index (κ3) is 4.66. The van der Waals surface area contributed by atoms with Crippen LogP contribution in [0.2, 0.25) is 0 Å². The Balaban J connectivity index is 1.23. The molecule has 2 aromatic heterocycles. The molecule has 0 bridgehead atoms. The van der Waals surface area contributed by atoms with E-state index >= 15 is 0 Å². The van der Waals surface area contributed by atoms with Crippen molar-refractivity contribution in [3.8, 4) is 5.88 Å². The van der Waals surface area contributed by atoms with Gasteiger partial charge in [0.15, 0.2) is 6.61 Å². The van der Waals surface area contributed by atoms with Crippen LogP contribution in [0.25, 0.3) is 10.2 Å². The highest BCUT2D eigenvalue weighted by Gasteiger charge is 2.31. The number of sulfonamides is 1. The van der Waals surface area contributed by atoms with Crippen LogP contribution in [0.4, 0.5) is 0 Å². The van der Waals surface area contributed by atoms with Crippen molar-refractivity contribution in [3.05, 3.63) is 46.1 Å². The summed E-state index contributed by atoms with van der Waals surface area (Å²) in [4.78, 5) is 25.9. The highest BCUT2D eigenvalue weighted by Crippen LogP contribution is 2.40. The number of fused-ring (bicyclic) bond motifs is 3. The molecule has 1 amide bonds. The second kappa shape index (κ2) is 9.48. The van der Waals surface area contributed by atoms with Crippen molar-refractivity contribution < 1.29 is 17.9 Å². The molecule has 0 N–H and O–H groups in total. The van der Waals surface area contributed by atoms with E-state index in [1.807, 2.05) is 26.0 Å². The van der Waals surface area contributed by atoms with Gasteiger partial charge in [-0.15, -0.1) is 11.3 Å².